The minimum atomic E-state index is -2.95. The largest absolute Gasteiger partial charge is 0.383 e. The number of hydrogen-bond donors (Lipinski definition) is 2. The molecule has 17 heavy (non-hydrogen) atoms. The second-order valence-corrected chi connectivity index (χ2v) is 7.20. The van der Waals surface area contributed by atoms with Crippen LogP contribution in [0.3, 0.4) is 0 Å². The summed E-state index contributed by atoms with van der Waals surface area (Å²) >= 11 is 1.38. The third-order valence-corrected chi connectivity index (χ3v) is 5.55. The highest BCUT2D eigenvalue weighted by Crippen LogP contribution is 2.34. The molecule has 1 aliphatic heterocycles. The van der Waals surface area contributed by atoms with Crippen molar-refractivity contribution in [1.29, 1.82) is 0 Å². The van der Waals surface area contributed by atoms with E-state index in [-0.39, 0.29) is 11.5 Å². The van der Waals surface area contributed by atoms with E-state index in [1.807, 2.05) is 0 Å². The molecule has 0 unspecified atom stereocenters. The molecule has 3 rings (SSSR count). The van der Waals surface area contributed by atoms with Crippen LogP contribution in [-0.2, 0) is 22.0 Å². The van der Waals surface area contributed by atoms with Gasteiger partial charge in [-0.25, -0.2) is 13.4 Å². The third kappa shape index (κ3) is 1.83. The molecular weight excluding hydrogens is 260 g/mol. The number of aryl methyl sites for hydroxylation is 1. The predicted molar refractivity (Wildman–Crippen MR) is 65.3 cm³/mol. The summed E-state index contributed by atoms with van der Waals surface area (Å²) in [6.45, 7) is 0. The van der Waals surface area contributed by atoms with Crippen molar-refractivity contribution >= 4 is 27.0 Å². The molecule has 0 saturated heterocycles. The van der Waals surface area contributed by atoms with Crippen LogP contribution in [0.15, 0.2) is 6.20 Å². The van der Waals surface area contributed by atoms with E-state index in [2.05, 4.69) is 15.2 Å². The molecule has 8 heteroatoms. The molecule has 0 radical (unpaired) electrons. The first-order valence-corrected chi connectivity index (χ1v) is 7.67. The maximum absolute atomic E-state index is 11.5. The van der Waals surface area contributed by atoms with Crippen LogP contribution in [0.4, 0.5) is 5.82 Å². The Morgan fingerprint density at radius 1 is 1.47 bits per heavy atom. The molecule has 0 bridgehead atoms. The van der Waals surface area contributed by atoms with Gasteiger partial charge in [0.05, 0.1) is 29.0 Å². The number of rotatable bonds is 1. The molecule has 3 heterocycles. The Morgan fingerprint density at radius 3 is 3.00 bits per heavy atom. The quantitative estimate of drug-likeness (QED) is 0.789. The molecule has 90 valence electrons. The van der Waals surface area contributed by atoms with E-state index >= 15 is 0 Å². The zero-order valence-electron chi connectivity index (χ0n) is 8.80. The Labute approximate surface area is 102 Å². The van der Waals surface area contributed by atoms with E-state index in [9.17, 15) is 8.42 Å². The lowest BCUT2D eigenvalue weighted by Crippen LogP contribution is -2.17. The summed E-state index contributed by atoms with van der Waals surface area (Å²) in [5, 5.41) is 7.21. The van der Waals surface area contributed by atoms with Gasteiger partial charge in [0.2, 0.25) is 0 Å². The molecule has 0 aromatic carbocycles. The highest BCUT2D eigenvalue weighted by atomic mass is 32.2. The van der Waals surface area contributed by atoms with Gasteiger partial charge in [0.1, 0.15) is 10.8 Å². The lowest BCUT2D eigenvalue weighted by molar-refractivity contribution is 0.591. The predicted octanol–water partition coefficient (Wildman–Crippen LogP) is 0.586. The summed E-state index contributed by atoms with van der Waals surface area (Å²) in [5.41, 5.74) is 7.33. The van der Waals surface area contributed by atoms with Gasteiger partial charge in [0.25, 0.3) is 0 Å². The maximum atomic E-state index is 11.5. The fourth-order valence-electron chi connectivity index (χ4n) is 1.80. The van der Waals surface area contributed by atoms with Crippen molar-refractivity contribution in [3.63, 3.8) is 0 Å². The lowest BCUT2D eigenvalue weighted by atomic mass is 10.3. The molecule has 0 fully saturated rings. The molecule has 0 aliphatic carbocycles. The summed E-state index contributed by atoms with van der Waals surface area (Å²) in [6, 6.07) is 0. The van der Waals surface area contributed by atoms with E-state index in [1.165, 1.54) is 11.3 Å². The van der Waals surface area contributed by atoms with Gasteiger partial charge < -0.3 is 5.73 Å². The van der Waals surface area contributed by atoms with Crippen LogP contribution in [0.2, 0.25) is 0 Å². The fourth-order valence-corrected chi connectivity index (χ4v) is 4.71. The van der Waals surface area contributed by atoms with Gasteiger partial charge in [0.15, 0.2) is 9.84 Å². The van der Waals surface area contributed by atoms with Gasteiger partial charge in [-0.05, 0) is 0 Å². The molecule has 0 atom stereocenters. The Bertz CT molecular complexity index is 671. The standard InChI is InChI=1S/C9H10N4O2S2/c10-8-5(3-11-13-8)9-12-6-1-2-17(14,15)4-7(6)16-9/h3H,1-2,4H2,(H3,10,11,13). The van der Waals surface area contributed by atoms with Crippen molar-refractivity contribution in [2.24, 2.45) is 0 Å². The topological polar surface area (TPSA) is 102 Å². The minimum absolute atomic E-state index is 0.0950. The number of nitrogens with one attached hydrogen (secondary N) is 1. The van der Waals surface area contributed by atoms with Crippen molar-refractivity contribution in [3.05, 3.63) is 16.8 Å². The first-order chi connectivity index (χ1) is 8.05. The summed E-state index contributed by atoms with van der Waals surface area (Å²) in [7, 11) is -2.95. The second kappa shape index (κ2) is 3.54. The SMILES string of the molecule is Nc1[nH]ncc1-c1nc2c(s1)CS(=O)(=O)CC2. The summed E-state index contributed by atoms with van der Waals surface area (Å²) in [6.07, 6.45) is 2.10. The van der Waals surface area contributed by atoms with Crippen LogP contribution in [0.1, 0.15) is 10.6 Å². The monoisotopic (exact) mass is 270 g/mol. The van der Waals surface area contributed by atoms with Crippen molar-refractivity contribution < 1.29 is 8.42 Å². The molecule has 0 saturated carbocycles. The van der Waals surface area contributed by atoms with Crippen LogP contribution in [0, 0.1) is 0 Å². The van der Waals surface area contributed by atoms with Gasteiger partial charge >= 0.3 is 0 Å². The normalized spacial score (nSPS) is 17.9. The molecule has 1 aliphatic rings. The van der Waals surface area contributed by atoms with Gasteiger partial charge in [0, 0.05) is 11.3 Å². The van der Waals surface area contributed by atoms with E-state index in [4.69, 9.17) is 5.73 Å². The summed E-state index contributed by atoms with van der Waals surface area (Å²) in [4.78, 5) is 5.26. The Hall–Kier alpha value is -1.41. The first kappa shape index (κ1) is 10.7. The van der Waals surface area contributed by atoms with Crippen molar-refractivity contribution in [2.45, 2.75) is 12.2 Å². The average molecular weight is 270 g/mol. The first-order valence-electron chi connectivity index (χ1n) is 5.03. The Kier molecular flexibility index (Phi) is 2.23. The smallest absolute Gasteiger partial charge is 0.155 e. The van der Waals surface area contributed by atoms with Crippen molar-refractivity contribution in [1.82, 2.24) is 15.2 Å². The third-order valence-electron chi connectivity index (χ3n) is 2.68. The van der Waals surface area contributed by atoms with Crippen LogP contribution in [-0.4, -0.2) is 29.4 Å². The zero-order chi connectivity index (χ0) is 12.0. The van der Waals surface area contributed by atoms with E-state index in [1.54, 1.807) is 6.20 Å². The highest BCUT2D eigenvalue weighted by Gasteiger charge is 2.25. The maximum Gasteiger partial charge on any atom is 0.155 e. The number of aromatic amines is 1. The van der Waals surface area contributed by atoms with Crippen LogP contribution in [0.5, 0.6) is 0 Å². The van der Waals surface area contributed by atoms with E-state index < -0.39 is 9.84 Å². The van der Waals surface area contributed by atoms with Crippen LogP contribution in [0.25, 0.3) is 10.6 Å². The van der Waals surface area contributed by atoms with Crippen LogP contribution >= 0.6 is 11.3 Å². The second-order valence-electron chi connectivity index (χ2n) is 3.93. The summed E-state index contributed by atoms with van der Waals surface area (Å²) in [5.74, 6) is 0.737. The molecule has 2 aromatic heterocycles. The Balaban J connectivity index is 2.07. The summed E-state index contributed by atoms with van der Waals surface area (Å²) < 4.78 is 23.0. The fraction of sp³-hybridized carbons (Fsp3) is 0.333. The molecule has 3 N–H and O–H groups in total. The minimum Gasteiger partial charge on any atom is -0.383 e. The zero-order valence-corrected chi connectivity index (χ0v) is 10.4. The number of aromatic nitrogens is 3. The number of sulfone groups is 1. The van der Waals surface area contributed by atoms with Gasteiger partial charge in [-0.3, -0.25) is 5.10 Å². The average Bonchev–Trinajstić information content (AvgIpc) is 2.81. The van der Waals surface area contributed by atoms with Crippen molar-refractivity contribution in [2.75, 3.05) is 11.5 Å². The lowest BCUT2D eigenvalue weighted by Gasteiger charge is -2.09. The number of anilines is 1. The number of nitrogens with two attached hydrogens (primary N) is 1. The molecule has 0 amide bonds. The van der Waals surface area contributed by atoms with Gasteiger partial charge in [-0.1, -0.05) is 0 Å². The molecular formula is C9H10N4O2S2. The van der Waals surface area contributed by atoms with Gasteiger partial charge in [-0.2, -0.15) is 5.10 Å². The number of nitrogen functional groups attached to an aromatic ring is 1. The van der Waals surface area contributed by atoms with E-state index in [0.717, 1.165) is 21.1 Å². The van der Waals surface area contributed by atoms with Gasteiger partial charge in [-0.15, -0.1) is 11.3 Å². The number of nitrogens with zero attached hydrogens (tertiary/aromatic N) is 2. The van der Waals surface area contributed by atoms with E-state index in [0.29, 0.717) is 12.2 Å². The number of fused-ring (bicyclic) bond motifs is 1. The molecule has 0 spiro atoms. The van der Waals surface area contributed by atoms with Crippen LogP contribution < -0.4 is 5.73 Å². The number of thiazole rings is 1. The molecule has 2 aromatic rings. The number of hydrogen-bond acceptors (Lipinski definition) is 6. The highest BCUT2D eigenvalue weighted by molar-refractivity contribution is 7.90. The number of H-pyrrole nitrogens is 1. The molecule has 6 nitrogen and oxygen atoms in total. The van der Waals surface area contributed by atoms with Crippen molar-refractivity contribution in [3.8, 4) is 10.6 Å². The Morgan fingerprint density at radius 2 is 2.29 bits per heavy atom.